The third-order valence-corrected chi connectivity index (χ3v) is 5.16. The van der Waals surface area contributed by atoms with Crippen molar-refractivity contribution in [1.82, 2.24) is 19.7 Å². The fourth-order valence-electron chi connectivity index (χ4n) is 3.17. The molecule has 0 saturated heterocycles. The van der Waals surface area contributed by atoms with Crippen molar-refractivity contribution in [2.24, 2.45) is 13.0 Å². The van der Waals surface area contributed by atoms with Gasteiger partial charge in [0.2, 0.25) is 0 Å². The zero-order valence-corrected chi connectivity index (χ0v) is 15.9. The molecule has 0 spiro atoms. The van der Waals surface area contributed by atoms with Crippen LogP contribution in [-0.2, 0) is 17.2 Å². The molecule has 8 heteroatoms. The minimum Gasteiger partial charge on any atom is -0.487 e. The molecule has 1 aliphatic rings. The lowest BCUT2D eigenvalue weighted by Gasteiger charge is -2.27. The van der Waals surface area contributed by atoms with Crippen LogP contribution < -0.4 is 4.74 Å². The number of rotatable bonds is 5. The predicted octanol–water partition coefficient (Wildman–Crippen LogP) is 3.10. The molecule has 0 aromatic carbocycles. The van der Waals surface area contributed by atoms with Crippen LogP contribution in [0, 0.1) is 12.8 Å². The normalized spacial score (nSPS) is 20.4. The van der Waals surface area contributed by atoms with Gasteiger partial charge in [0.05, 0.1) is 41.4 Å². The number of hydrogen-bond donors (Lipinski definition) is 1. The van der Waals surface area contributed by atoms with Crippen LogP contribution in [0.4, 0.5) is 0 Å². The van der Waals surface area contributed by atoms with Crippen LogP contribution in [-0.4, -0.2) is 36.9 Å². The van der Waals surface area contributed by atoms with Crippen molar-refractivity contribution in [1.29, 1.82) is 0 Å². The average molecular weight is 409 g/mol. The number of carboxylic acids is 1. The summed E-state index contributed by atoms with van der Waals surface area (Å²) in [4.78, 5) is 20.2. The molecule has 3 rings (SSSR count). The van der Waals surface area contributed by atoms with Gasteiger partial charge >= 0.3 is 5.97 Å². The summed E-state index contributed by atoms with van der Waals surface area (Å²) in [7, 11) is 1.88. The van der Waals surface area contributed by atoms with Gasteiger partial charge in [-0.3, -0.25) is 9.48 Å². The molecule has 25 heavy (non-hydrogen) atoms. The smallest absolute Gasteiger partial charge is 0.306 e. The lowest BCUT2D eigenvalue weighted by atomic mass is 9.87. The summed E-state index contributed by atoms with van der Waals surface area (Å²) in [6.07, 6.45) is 6.31. The maximum atomic E-state index is 11.2. The summed E-state index contributed by atoms with van der Waals surface area (Å²) >= 11 is 3.46. The van der Waals surface area contributed by atoms with Crippen molar-refractivity contribution in [2.75, 3.05) is 0 Å². The quantitative estimate of drug-likeness (QED) is 0.764. The lowest BCUT2D eigenvalue weighted by molar-refractivity contribution is -0.143. The van der Waals surface area contributed by atoms with Crippen LogP contribution >= 0.6 is 15.9 Å². The predicted molar refractivity (Wildman–Crippen MR) is 95.6 cm³/mol. The van der Waals surface area contributed by atoms with E-state index in [4.69, 9.17) is 4.74 Å². The first-order valence-corrected chi connectivity index (χ1v) is 9.42. The van der Waals surface area contributed by atoms with Crippen molar-refractivity contribution in [3.8, 4) is 17.1 Å². The molecule has 7 nitrogen and oxygen atoms in total. The number of aryl methyl sites for hydroxylation is 2. The van der Waals surface area contributed by atoms with E-state index in [1.807, 2.05) is 14.0 Å². The number of carboxylic acid groups (broad SMARTS) is 1. The number of nitrogens with zero attached hydrogens (tertiary/aromatic N) is 4. The SMILES string of the molecule is Cc1nc(-c2cnn(C)c2CBr)ncc1O[C@H]1CCC[C@H](C(=O)O)C1. The molecular weight excluding hydrogens is 388 g/mol. The van der Waals surface area contributed by atoms with Crippen molar-refractivity contribution in [3.63, 3.8) is 0 Å². The van der Waals surface area contributed by atoms with Gasteiger partial charge in [0, 0.05) is 12.4 Å². The van der Waals surface area contributed by atoms with Gasteiger partial charge in [-0.2, -0.15) is 5.10 Å². The van der Waals surface area contributed by atoms with Gasteiger partial charge in [-0.15, -0.1) is 0 Å². The number of halogens is 1. The summed E-state index contributed by atoms with van der Waals surface area (Å²) in [5, 5.41) is 14.1. The Labute approximate surface area is 154 Å². The Morgan fingerprint density at radius 2 is 2.24 bits per heavy atom. The summed E-state index contributed by atoms with van der Waals surface area (Å²) in [5.41, 5.74) is 2.63. The number of hydrogen-bond acceptors (Lipinski definition) is 5. The van der Waals surface area contributed by atoms with Crippen LogP contribution in [0.5, 0.6) is 5.75 Å². The second-order valence-electron chi connectivity index (χ2n) is 6.35. The van der Waals surface area contributed by atoms with Gasteiger partial charge in [0.25, 0.3) is 0 Å². The lowest BCUT2D eigenvalue weighted by Crippen LogP contribution is -2.29. The molecule has 0 unspecified atom stereocenters. The standard InChI is InChI=1S/C17H21BrN4O3/c1-10-15(25-12-5-3-4-11(6-12)17(23)24)9-19-16(21-10)13-8-20-22(2)14(13)7-18/h8-9,11-12H,3-7H2,1-2H3,(H,23,24)/t11-,12-/m0/s1. The van der Waals surface area contributed by atoms with E-state index in [9.17, 15) is 9.90 Å². The molecule has 1 saturated carbocycles. The zero-order valence-electron chi connectivity index (χ0n) is 14.3. The largest absolute Gasteiger partial charge is 0.487 e. The maximum absolute atomic E-state index is 11.2. The van der Waals surface area contributed by atoms with Crippen LogP contribution in [0.25, 0.3) is 11.4 Å². The first kappa shape index (κ1) is 17.8. The molecule has 1 fully saturated rings. The molecule has 134 valence electrons. The molecule has 1 N–H and O–H groups in total. The Bertz CT molecular complexity index is 777. The van der Waals surface area contributed by atoms with Crippen LogP contribution in [0.3, 0.4) is 0 Å². The van der Waals surface area contributed by atoms with E-state index in [1.165, 1.54) is 0 Å². The molecular formula is C17H21BrN4O3. The summed E-state index contributed by atoms with van der Waals surface area (Å²) in [6, 6.07) is 0. The highest BCUT2D eigenvalue weighted by atomic mass is 79.9. The van der Waals surface area contributed by atoms with Gasteiger partial charge in [-0.1, -0.05) is 15.9 Å². The fraction of sp³-hybridized carbons (Fsp3) is 0.529. The number of aliphatic carboxylic acids is 1. The van der Waals surface area contributed by atoms with Crippen molar-refractivity contribution < 1.29 is 14.6 Å². The summed E-state index contributed by atoms with van der Waals surface area (Å²) in [6.45, 7) is 1.88. The number of ether oxygens (including phenoxy) is 1. The Hall–Kier alpha value is -1.96. The number of aromatic nitrogens is 4. The highest BCUT2D eigenvalue weighted by Crippen LogP contribution is 2.30. The van der Waals surface area contributed by atoms with E-state index in [1.54, 1.807) is 17.1 Å². The molecule has 0 radical (unpaired) electrons. The van der Waals surface area contributed by atoms with Crippen molar-refractivity contribution in [3.05, 3.63) is 23.8 Å². The maximum Gasteiger partial charge on any atom is 0.306 e. The minimum absolute atomic E-state index is 0.0977. The van der Waals surface area contributed by atoms with E-state index < -0.39 is 5.97 Å². The van der Waals surface area contributed by atoms with Gasteiger partial charge < -0.3 is 9.84 Å². The topological polar surface area (TPSA) is 90.1 Å². The van der Waals surface area contributed by atoms with Crippen LogP contribution in [0.2, 0.25) is 0 Å². The van der Waals surface area contributed by atoms with Gasteiger partial charge in [0.1, 0.15) is 0 Å². The molecule has 2 aromatic rings. The number of alkyl halides is 1. The highest BCUT2D eigenvalue weighted by Gasteiger charge is 2.28. The molecule has 2 atom stereocenters. The second-order valence-corrected chi connectivity index (χ2v) is 6.91. The Balaban J connectivity index is 1.77. The van der Waals surface area contributed by atoms with E-state index in [0.717, 1.165) is 36.2 Å². The molecule has 0 aliphatic heterocycles. The highest BCUT2D eigenvalue weighted by molar-refractivity contribution is 9.08. The van der Waals surface area contributed by atoms with Gasteiger partial charge in [-0.05, 0) is 32.6 Å². The van der Waals surface area contributed by atoms with Crippen molar-refractivity contribution in [2.45, 2.75) is 44.0 Å². The summed E-state index contributed by atoms with van der Waals surface area (Å²) < 4.78 is 7.79. The molecule has 0 amide bonds. The van der Waals surface area contributed by atoms with E-state index >= 15 is 0 Å². The van der Waals surface area contributed by atoms with Crippen LogP contribution in [0.15, 0.2) is 12.4 Å². The Morgan fingerprint density at radius 3 is 2.92 bits per heavy atom. The summed E-state index contributed by atoms with van der Waals surface area (Å²) in [5.74, 6) is 0.162. The Kier molecular flexibility index (Phi) is 5.36. The van der Waals surface area contributed by atoms with Gasteiger partial charge in [-0.25, -0.2) is 9.97 Å². The zero-order chi connectivity index (χ0) is 18.0. The second kappa shape index (κ2) is 7.51. The molecule has 2 heterocycles. The number of carbonyl (C=O) groups is 1. The van der Waals surface area contributed by atoms with Crippen molar-refractivity contribution >= 4 is 21.9 Å². The minimum atomic E-state index is -0.740. The molecule has 2 aromatic heterocycles. The van der Waals surface area contributed by atoms with E-state index in [0.29, 0.717) is 23.3 Å². The fourth-order valence-corrected chi connectivity index (χ4v) is 3.83. The molecule has 0 bridgehead atoms. The average Bonchev–Trinajstić information content (AvgIpc) is 2.97. The first-order chi connectivity index (χ1) is 12.0. The molecule has 1 aliphatic carbocycles. The Morgan fingerprint density at radius 1 is 1.44 bits per heavy atom. The van der Waals surface area contributed by atoms with Gasteiger partial charge in [0.15, 0.2) is 11.6 Å². The van der Waals surface area contributed by atoms with E-state index in [-0.39, 0.29) is 12.0 Å². The monoisotopic (exact) mass is 408 g/mol. The third-order valence-electron chi connectivity index (χ3n) is 4.63. The first-order valence-electron chi connectivity index (χ1n) is 8.30. The third kappa shape index (κ3) is 3.84. The van der Waals surface area contributed by atoms with Crippen LogP contribution in [0.1, 0.15) is 37.1 Å². The van der Waals surface area contributed by atoms with E-state index in [2.05, 4.69) is 31.0 Å².